The van der Waals surface area contributed by atoms with Gasteiger partial charge >= 0.3 is 6.18 Å². The highest BCUT2D eigenvalue weighted by molar-refractivity contribution is 6.31. The first-order chi connectivity index (χ1) is 21.6. The SMILES string of the molecule is OC[C@@]1(O)OC(c2ccc(Cl)c(Cc3ccc(OCC(F)(F)F)cc3)c2)CC(OCc2ccccc2)[C@@H]1OCc1ccccc1. The number of alkyl halides is 3. The van der Waals surface area contributed by atoms with Crippen LogP contribution in [0, 0.1) is 0 Å². The molecule has 0 aromatic heterocycles. The normalized spacial score (nSPS) is 21.9. The second kappa shape index (κ2) is 14.8. The lowest BCUT2D eigenvalue weighted by Gasteiger charge is -2.46. The minimum Gasteiger partial charge on any atom is -0.484 e. The van der Waals surface area contributed by atoms with Gasteiger partial charge in [0.2, 0.25) is 5.79 Å². The van der Waals surface area contributed by atoms with E-state index < -0.39 is 43.5 Å². The lowest BCUT2D eigenvalue weighted by molar-refractivity contribution is -0.350. The van der Waals surface area contributed by atoms with Crippen molar-refractivity contribution < 1.29 is 42.3 Å². The van der Waals surface area contributed by atoms with Crippen LogP contribution in [0.1, 0.15) is 40.3 Å². The molecule has 4 aromatic rings. The summed E-state index contributed by atoms with van der Waals surface area (Å²) in [6.45, 7) is -1.65. The molecule has 0 saturated carbocycles. The van der Waals surface area contributed by atoms with Gasteiger partial charge in [0.15, 0.2) is 6.61 Å². The van der Waals surface area contributed by atoms with Gasteiger partial charge < -0.3 is 29.2 Å². The predicted octanol–water partition coefficient (Wildman–Crippen LogP) is 7.19. The average Bonchev–Trinajstić information content (AvgIpc) is 3.04. The van der Waals surface area contributed by atoms with Gasteiger partial charge in [-0.2, -0.15) is 13.2 Å². The Hall–Kier alpha value is -3.44. The number of aliphatic hydroxyl groups is 2. The molecule has 1 aliphatic rings. The first kappa shape index (κ1) is 32.9. The Morgan fingerprint density at radius 2 is 1.44 bits per heavy atom. The van der Waals surface area contributed by atoms with Crippen molar-refractivity contribution in [1.82, 2.24) is 0 Å². The van der Waals surface area contributed by atoms with Crippen molar-refractivity contribution in [2.75, 3.05) is 13.2 Å². The summed E-state index contributed by atoms with van der Waals surface area (Å²) in [5, 5.41) is 22.5. The Balaban J connectivity index is 1.35. The molecule has 0 aliphatic carbocycles. The van der Waals surface area contributed by atoms with Crippen molar-refractivity contribution >= 4 is 11.6 Å². The number of benzene rings is 4. The number of aliphatic hydroxyl groups excluding tert-OH is 1. The Morgan fingerprint density at radius 1 is 0.822 bits per heavy atom. The van der Waals surface area contributed by atoms with Crippen LogP contribution in [-0.2, 0) is 33.8 Å². The molecule has 0 bridgehead atoms. The number of halogens is 4. The van der Waals surface area contributed by atoms with E-state index in [9.17, 15) is 23.4 Å². The molecule has 238 valence electrons. The van der Waals surface area contributed by atoms with Gasteiger partial charge in [-0.15, -0.1) is 0 Å². The third kappa shape index (κ3) is 9.07. The lowest BCUT2D eigenvalue weighted by atomic mass is 9.90. The van der Waals surface area contributed by atoms with Crippen LogP contribution in [0.3, 0.4) is 0 Å². The highest BCUT2D eigenvalue weighted by atomic mass is 35.5. The minimum absolute atomic E-state index is 0.111. The Bertz CT molecular complexity index is 1500. The van der Waals surface area contributed by atoms with Crippen molar-refractivity contribution in [3.8, 4) is 5.75 Å². The monoisotopic (exact) mass is 642 g/mol. The van der Waals surface area contributed by atoms with Crippen molar-refractivity contribution in [1.29, 1.82) is 0 Å². The van der Waals surface area contributed by atoms with Gasteiger partial charge in [0.25, 0.3) is 0 Å². The fourth-order valence-electron chi connectivity index (χ4n) is 5.27. The summed E-state index contributed by atoms with van der Waals surface area (Å²) in [5.74, 6) is -1.95. The predicted molar refractivity (Wildman–Crippen MR) is 163 cm³/mol. The summed E-state index contributed by atoms with van der Waals surface area (Å²) >= 11 is 6.54. The van der Waals surface area contributed by atoms with Crippen LogP contribution >= 0.6 is 11.6 Å². The van der Waals surface area contributed by atoms with Gasteiger partial charge in [-0.1, -0.05) is 96.5 Å². The van der Waals surface area contributed by atoms with Crippen molar-refractivity contribution in [2.45, 2.75) is 56.3 Å². The maximum Gasteiger partial charge on any atom is 0.422 e. The molecule has 45 heavy (non-hydrogen) atoms. The zero-order chi connectivity index (χ0) is 31.9. The van der Waals surface area contributed by atoms with E-state index in [1.165, 1.54) is 12.1 Å². The molecular formula is C35H34ClF3O6. The molecule has 1 heterocycles. The largest absolute Gasteiger partial charge is 0.484 e. The van der Waals surface area contributed by atoms with E-state index in [1.54, 1.807) is 24.3 Å². The Labute approximate surface area is 264 Å². The van der Waals surface area contributed by atoms with E-state index in [2.05, 4.69) is 0 Å². The third-order valence-electron chi connectivity index (χ3n) is 7.54. The van der Waals surface area contributed by atoms with Gasteiger partial charge in [-0.3, -0.25) is 0 Å². The summed E-state index contributed by atoms with van der Waals surface area (Å²) in [6.07, 6.45) is -6.02. The van der Waals surface area contributed by atoms with E-state index in [-0.39, 0.29) is 19.0 Å². The van der Waals surface area contributed by atoms with Crippen LogP contribution in [0.4, 0.5) is 13.2 Å². The van der Waals surface area contributed by atoms with Crippen LogP contribution < -0.4 is 4.74 Å². The number of rotatable bonds is 12. The zero-order valence-electron chi connectivity index (χ0n) is 24.3. The molecule has 0 amide bonds. The molecule has 10 heteroatoms. The van der Waals surface area contributed by atoms with E-state index in [0.29, 0.717) is 23.4 Å². The Morgan fingerprint density at radius 3 is 2.04 bits per heavy atom. The smallest absolute Gasteiger partial charge is 0.422 e. The standard InChI is InChI=1S/C35H34ClF3O6/c36-30-16-13-27(18-28(30)17-24-11-14-29(15-12-24)44-23-35(37,38)39)31-19-32(42-20-25-7-3-1-4-8-25)33(34(41,22-40)45-31)43-21-26-9-5-2-6-10-26/h1-16,18,31-33,40-41H,17,19-23H2/t31?,32?,33-,34+/m0/s1. The van der Waals surface area contributed by atoms with Gasteiger partial charge in [0.1, 0.15) is 11.9 Å². The number of hydrogen-bond acceptors (Lipinski definition) is 6. The fraction of sp³-hybridized carbons (Fsp3) is 0.314. The van der Waals surface area contributed by atoms with Gasteiger partial charge in [0, 0.05) is 11.4 Å². The van der Waals surface area contributed by atoms with Crippen molar-refractivity contribution in [2.24, 2.45) is 0 Å². The Kier molecular flexibility index (Phi) is 10.8. The fourth-order valence-corrected chi connectivity index (χ4v) is 5.45. The van der Waals surface area contributed by atoms with E-state index >= 15 is 0 Å². The molecule has 0 spiro atoms. The molecule has 6 nitrogen and oxygen atoms in total. The number of hydrogen-bond donors (Lipinski definition) is 2. The molecule has 2 N–H and O–H groups in total. The molecule has 5 rings (SSSR count). The van der Waals surface area contributed by atoms with Gasteiger partial charge in [-0.05, 0) is 52.4 Å². The second-order valence-corrected chi connectivity index (χ2v) is 11.4. The van der Waals surface area contributed by atoms with E-state index in [0.717, 1.165) is 22.3 Å². The zero-order valence-corrected chi connectivity index (χ0v) is 25.1. The summed E-state index contributed by atoms with van der Waals surface area (Å²) < 4.78 is 61.0. The molecule has 4 atom stereocenters. The summed E-state index contributed by atoms with van der Waals surface area (Å²) in [6, 6.07) is 30.8. The topological polar surface area (TPSA) is 77.4 Å². The quantitative estimate of drug-likeness (QED) is 0.170. The molecule has 0 radical (unpaired) electrons. The van der Waals surface area contributed by atoms with Crippen molar-refractivity contribution in [3.63, 3.8) is 0 Å². The van der Waals surface area contributed by atoms with Gasteiger partial charge in [-0.25, -0.2) is 0 Å². The maximum absolute atomic E-state index is 12.5. The lowest BCUT2D eigenvalue weighted by Crippen LogP contribution is -2.59. The van der Waals surface area contributed by atoms with E-state index in [1.807, 2.05) is 66.7 Å². The molecule has 2 unspecified atom stereocenters. The van der Waals surface area contributed by atoms with Crippen LogP contribution in [0.25, 0.3) is 0 Å². The van der Waals surface area contributed by atoms with E-state index in [4.69, 9.17) is 30.5 Å². The summed E-state index contributed by atoms with van der Waals surface area (Å²) in [4.78, 5) is 0. The molecule has 1 saturated heterocycles. The minimum atomic E-state index is -4.42. The third-order valence-corrected chi connectivity index (χ3v) is 7.91. The maximum atomic E-state index is 12.5. The second-order valence-electron chi connectivity index (χ2n) is 11.0. The van der Waals surface area contributed by atoms with Crippen LogP contribution in [0.2, 0.25) is 5.02 Å². The molecule has 1 fully saturated rings. The highest BCUT2D eigenvalue weighted by Crippen LogP contribution is 2.41. The number of ether oxygens (including phenoxy) is 4. The van der Waals surface area contributed by atoms with Crippen LogP contribution in [0.15, 0.2) is 103 Å². The average molecular weight is 643 g/mol. The first-order valence-corrected chi connectivity index (χ1v) is 14.9. The van der Waals surface area contributed by atoms with Crippen LogP contribution in [0.5, 0.6) is 5.75 Å². The summed E-state index contributed by atoms with van der Waals surface area (Å²) in [7, 11) is 0. The van der Waals surface area contributed by atoms with Crippen LogP contribution in [-0.4, -0.2) is 47.6 Å². The van der Waals surface area contributed by atoms with Gasteiger partial charge in [0.05, 0.1) is 32.0 Å². The molecule has 1 aliphatic heterocycles. The van der Waals surface area contributed by atoms with Crippen molar-refractivity contribution in [3.05, 3.63) is 136 Å². The highest BCUT2D eigenvalue weighted by Gasteiger charge is 2.51. The first-order valence-electron chi connectivity index (χ1n) is 14.5. The molecular weight excluding hydrogens is 609 g/mol. The summed E-state index contributed by atoms with van der Waals surface area (Å²) in [5.41, 5.74) is 4.10. The molecule has 4 aromatic carbocycles.